The van der Waals surface area contributed by atoms with Crippen molar-refractivity contribution in [1.82, 2.24) is 0 Å². The van der Waals surface area contributed by atoms with Gasteiger partial charge in [-0.3, -0.25) is 0 Å². The van der Waals surface area contributed by atoms with Crippen molar-refractivity contribution in [2.24, 2.45) is 0 Å². The Hall–Kier alpha value is -1.67. The fourth-order valence-electron chi connectivity index (χ4n) is 2.79. The number of fused-ring (bicyclic) bond motifs is 1. The minimum atomic E-state index is -0.190. The third kappa shape index (κ3) is 2.60. The number of rotatable bonds is 2. The van der Waals surface area contributed by atoms with E-state index >= 15 is 0 Å². The minimum absolute atomic E-state index is 0.0589. The normalized spacial score (nSPS) is 12.6. The van der Waals surface area contributed by atoms with Crippen LogP contribution in [-0.2, 0) is 0 Å². The van der Waals surface area contributed by atoms with Gasteiger partial charge in [-0.25, -0.2) is 4.39 Å². The molecule has 3 rings (SSSR count). The Balaban J connectivity index is 2.18. The van der Waals surface area contributed by atoms with E-state index in [0.29, 0.717) is 0 Å². The van der Waals surface area contributed by atoms with E-state index in [1.54, 1.807) is 6.07 Å². The number of halogens is 2. The molecular formula is C19H16BrF. The lowest BCUT2D eigenvalue weighted by Crippen LogP contribution is -1.98. The van der Waals surface area contributed by atoms with E-state index in [1.807, 2.05) is 13.0 Å². The zero-order chi connectivity index (χ0) is 15.0. The average molecular weight is 343 g/mol. The number of benzene rings is 3. The van der Waals surface area contributed by atoms with Crippen LogP contribution in [-0.4, -0.2) is 0 Å². The fraction of sp³-hybridized carbons (Fsp3) is 0.158. The summed E-state index contributed by atoms with van der Waals surface area (Å²) in [4.78, 5) is 0.0589. The Morgan fingerprint density at radius 2 is 1.48 bits per heavy atom. The topological polar surface area (TPSA) is 0 Å². The van der Waals surface area contributed by atoms with Gasteiger partial charge in [0.1, 0.15) is 5.82 Å². The summed E-state index contributed by atoms with van der Waals surface area (Å²) >= 11 is 3.79. The van der Waals surface area contributed by atoms with Gasteiger partial charge < -0.3 is 0 Å². The Labute approximate surface area is 132 Å². The average Bonchev–Trinajstić information content (AvgIpc) is 2.47. The number of hydrogen-bond donors (Lipinski definition) is 0. The van der Waals surface area contributed by atoms with Crippen molar-refractivity contribution < 1.29 is 4.39 Å². The molecule has 0 amide bonds. The maximum Gasteiger partial charge on any atom is 0.123 e. The molecule has 0 spiro atoms. The van der Waals surface area contributed by atoms with Crippen molar-refractivity contribution in [3.63, 3.8) is 0 Å². The first-order valence-corrected chi connectivity index (χ1v) is 7.88. The Morgan fingerprint density at radius 3 is 2.19 bits per heavy atom. The molecule has 0 aliphatic rings. The van der Waals surface area contributed by atoms with Gasteiger partial charge in [-0.15, -0.1) is 0 Å². The molecule has 1 unspecified atom stereocenters. The summed E-state index contributed by atoms with van der Waals surface area (Å²) in [7, 11) is 0. The molecule has 0 aromatic heterocycles. The number of aryl methyl sites for hydroxylation is 2. The standard InChI is InChI=1S/C19H16BrF/c1-12-7-9-18(17-6-4-3-5-15(12)17)19(20)16-10-8-14(21)11-13(16)2/h3-11,19H,1-2H3. The van der Waals surface area contributed by atoms with Gasteiger partial charge in [-0.2, -0.15) is 0 Å². The Morgan fingerprint density at radius 1 is 0.810 bits per heavy atom. The molecule has 0 heterocycles. The van der Waals surface area contributed by atoms with E-state index in [1.165, 1.54) is 28.0 Å². The molecule has 3 aromatic rings. The van der Waals surface area contributed by atoms with Gasteiger partial charge in [-0.05, 0) is 59.0 Å². The predicted molar refractivity (Wildman–Crippen MR) is 90.6 cm³/mol. The smallest absolute Gasteiger partial charge is 0.123 e. The predicted octanol–water partition coefficient (Wildman–Crippen LogP) is 6.08. The summed E-state index contributed by atoms with van der Waals surface area (Å²) in [5.74, 6) is -0.190. The second kappa shape index (κ2) is 5.61. The largest absolute Gasteiger partial charge is 0.207 e. The monoisotopic (exact) mass is 342 g/mol. The molecule has 2 heteroatoms. The van der Waals surface area contributed by atoms with Crippen LogP contribution in [0, 0.1) is 19.7 Å². The van der Waals surface area contributed by atoms with E-state index in [0.717, 1.165) is 11.1 Å². The van der Waals surface area contributed by atoms with Crippen LogP contribution in [0.5, 0.6) is 0 Å². The quantitative estimate of drug-likeness (QED) is 0.495. The zero-order valence-electron chi connectivity index (χ0n) is 12.0. The molecule has 0 radical (unpaired) electrons. The summed E-state index contributed by atoms with van der Waals surface area (Å²) in [6.45, 7) is 4.07. The first-order chi connectivity index (χ1) is 10.1. The zero-order valence-corrected chi connectivity index (χ0v) is 13.6. The summed E-state index contributed by atoms with van der Waals surface area (Å²) in [5, 5.41) is 2.50. The summed E-state index contributed by atoms with van der Waals surface area (Å²) in [6, 6.07) is 17.7. The molecule has 0 bridgehead atoms. The van der Waals surface area contributed by atoms with Gasteiger partial charge >= 0.3 is 0 Å². The van der Waals surface area contributed by atoms with Gasteiger partial charge in [0.15, 0.2) is 0 Å². The van der Waals surface area contributed by atoms with Crippen molar-refractivity contribution in [3.05, 3.63) is 82.7 Å². The molecule has 0 aliphatic carbocycles. The molecule has 0 N–H and O–H groups in total. The van der Waals surface area contributed by atoms with E-state index in [4.69, 9.17) is 0 Å². The van der Waals surface area contributed by atoms with Gasteiger partial charge in [-0.1, -0.05) is 58.4 Å². The maximum atomic E-state index is 13.3. The molecule has 0 fully saturated rings. The summed E-state index contributed by atoms with van der Waals surface area (Å²) < 4.78 is 13.3. The highest BCUT2D eigenvalue weighted by atomic mass is 79.9. The van der Waals surface area contributed by atoms with Crippen LogP contribution in [0.25, 0.3) is 10.8 Å². The second-order valence-corrected chi connectivity index (χ2v) is 6.30. The molecule has 21 heavy (non-hydrogen) atoms. The van der Waals surface area contributed by atoms with Gasteiger partial charge in [0.2, 0.25) is 0 Å². The maximum absolute atomic E-state index is 13.3. The van der Waals surface area contributed by atoms with Crippen molar-refractivity contribution >= 4 is 26.7 Å². The summed E-state index contributed by atoms with van der Waals surface area (Å²) in [5.41, 5.74) is 4.54. The van der Waals surface area contributed by atoms with E-state index < -0.39 is 0 Å². The molecular weight excluding hydrogens is 327 g/mol. The van der Waals surface area contributed by atoms with E-state index in [2.05, 4.69) is 59.3 Å². The third-order valence-corrected chi connectivity index (χ3v) is 4.94. The van der Waals surface area contributed by atoms with Gasteiger partial charge in [0.05, 0.1) is 4.83 Å². The molecule has 0 saturated heterocycles. The van der Waals surface area contributed by atoms with Crippen molar-refractivity contribution in [1.29, 1.82) is 0 Å². The fourth-order valence-corrected chi connectivity index (χ4v) is 3.70. The Kier molecular flexibility index (Phi) is 3.81. The molecule has 3 aromatic carbocycles. The molecule has 0 saturated carbocycles. The van der Waals surface area contributed by atoms with Crippen molar-refractivity contribution in [2.75, 3.05) is 0 Å². The van der Waals surface area contributed by atoms with Crippen LogP contribution in [0.4, 0.5) is 4.39 Å². The van der Waals surface area contributed by atoms with Crippen LogP contribution in [0.1, 0.15) is 27.1 Å². The van der Waals surface area contributed by atoms with Crippen LogP contribution in [0.3, 0.4) is 0 Å². The second-order valence-electron chi connectivity index (χ2n) is 5.38. The van der Waals surface area contributed by atoms with Crippen LogP contribution in [0.15, 0.2) is 54.6 Å². The molecule has 1 atom stereocenters. The molecule has 0 aliphatic heterocycles. The first kappa shape index (κ1) is 14.3. The van der Waals surface area contributed by atoms with Gasteiger partial charge in [0, 0.05) is 0 Å². The van der Waals surface area contributed by atoms with Gasteiger partial charge in [0.25, 0.3) is 0 Å². The lowest BCUT2D eigenvalue weighted by molar-refractivity contribution is 0.626. The highest BCUT2D eigenvalue weighted by Crippen LogP contribution is 2.37. The molecule has 0 nitrogen and oxygen atoms in total. The van der Waals surface area contributed by atoms with E-state index in [-0.39, 0.29) is 10.6 Å². The van der Waals surface area contributed by atoms with Crippen LogP contribution in [0.2, 0.25) is 0 Å². The number of alkyl halides is 1. The highest BCUT2D eigenvalue weighted by Gasteiger charge is 2.16. The lowest BCUT2D eigenvalue weighted by Gasteiger charge is -2.17. The van der Waals surface area contributed by atoms with Crippen LogP contribution >= 0.6 is 15.9 Å². The third-order valence-electron chi connectivity index (χ3n) is 3.95. The summed E-state index contributed by atoms with van der Waals surface area (Å²) in [6.07, 6.45) is 0. The SMILES string of the molecule is Cc1cc(F)ccc1C(Br)c1ccc(C)c2ccccc12. The highest BCUT2D eigenvalue weighted by molar-refractivity contribution is 9.09. The number of hydrogen-bond acceptors (Lipinski definition) is 0. The lowest BCUT2D eigenvalue weighted by atomic mass is 9.94. The van der Waals surface area contributed by atoms with Crippen molar-refractivity contribution in [3.8, 4) is 0 Å². The van der Waals surface area contributed by atoms with E-state index in [9.17, 15) is 4.39 Å². The minimum Gasteiger partial charge on any atom is -0.207 e. The van der Waals surface area contributed by atoms with Crippen LogP contribution < -0.4 is 0 Å². The van der Waals surface area contributed by atoms with Crippen molar-refractivity contribution in [2.45, 2.75) is 18.7 Å². The molecule has 106 valence electrons. The first-order valence-electron chi connectivity index (χ1n) is 6.96. The Bertz CT molecular complexity index is 808.